The first-order valence-electron chi connectivity index (χ1n) is 28.4. The molecule has 6 saturated carbocycles. The zero-order chi connectivity index (χ0) is 53.0. The van der Waals surface area contributed by atoms with E-state index in [1.165, 1.54) is 74.0 Å². The Bertz CT molecular complexity index is 2770. The van der Waals surface area contributed by atoms with Gasteiger partial charge in [-0.05, 0) is 181 Å². The third-order valence-electron chi connectivity index (χ3n) is 24.0. The Morgan fingerprint density at radius 1 is 0.411 bits per heavy atom. The summed E-state index contributed by atoms with van der Waals surface area (Å²) in [6.07, 6.45) is 17.8. The Labute approximate surface area is 445 Å². The Balaban J connectivity index is 0.000000126. The van der Waals surface area contributed by atoms with E-state index in [0.717, 1.165) is 44.4 Å². The van der Waals surface area contributed by atoms with Crippen LogP contribution in [0.15, 0.2) is 69.3 Å². The lowest BCUT2D eigenvalue weighted by Gasteiger charge is -2.64. The van der Waals surface area contributed by atoms with Crippen molar-refractivity contribution in [3.05, 3.63) is 71.3 Å². The second-order valence-electron chi connectivity index (χ2n) is 29.1. The molecule has 12 rings (SSSR count). The van der Waals surface area contributed by atoms with Gasteiger partial charge in [-0.1, -0.05) is 121 Å². The molecule has 0 radical (unpaired) electrons. The van der Waals surface area contributed by atoms with Crippen LogP contribution in [0.3, 0.4) is 0 Å². The lowest BCUT2D eigenvalue weighted by atomic mass is 9.43. The standard InChI is InChI=1S/2C21H30O3S.C21H30OS/c2*1-19(2)10-6-11-20(3)16(19)9-12-21(4)17(20)13-25(23,24)15-8-5-7-14(22)18(15)21;1-19(2)10-6-11-20(3)16(19)9-12-21(4)17(20)13-23-15-8-5-7-14(22)18(15)21/h2*5,7-8,16-17,22H,6,9-13H2,1-4H3;5,7-8,16-17,22H,6,9-13H2,1-4H3/t3*16-,17+,20-,21+/m000/s1. The van der Waals surface area contributed by atoms with Gasteiger partial charge >= 0.3 is 0 Å². The molecule has 3 N–H and O–H groups in total. The van der Waals surface area contributed by atoms with Crippen LogP contribution in [0, 0.1) is 68.0 Å². The molecule has 402 valence electrons. The third-order valence-corrected chi connectivity index (χ3v) is 28.7. The minimum Gasteiger partial charge on any atom is -0.508 e. The SMILES string of the molecule is CC1(C)CCC[C@]2(C)[C@H]3CS(=O)(=O)c4cccc(O)c4[C@]3(C)CC[C@@H]12.CC1(C)CCC[C@]2(C)[C@H]3CS(=O)(=O)c4cccc(O)c4[C@]3(C)CC[C@@H]12.CC1(C)CCC[C@]2(C)[C@H]3CSc4cccc(O)c4[C@]3(C)CC[C@@H]12. The summed E-state index contributed by atoms with van der Waals surface area (Å²) in [6.45, 7) is 28.5. The lowest BCUT2D eigenvalue weighted by Crippen LogP contribution is -2.59. The van der Waals surface area contributed by atoms with Gasteiger partial charge in [0.05, 0.1) is 21.3 Å². The van der Waals surface area contributed by atoms with Crippen molar-refractivity contribution in [1.82, 2.24) is 0 Å². The van der Waals surface area contributed by atoms with Crippen LogP contribution in [-0.4, -0.2) is 49.4 Å². The van der Waals surface area contributed by atoms with Gasteiger partial charge in [0, 0.05) is 43.6 Å². The van der Waals surface area contributed by atoms with E-state index in [-0.39, 0.29) is 72.7 Å². The van der Waals surface area contributed by atoms with E-state index in [0.29, 0.717) is 55.3 Å². The molecule has 3 heterocycles. The summed E-state index contributed by atoms with van der Waals surface area (Å²) in [5.74, 6) is 5.27. The van der Waals surface area contributed by atoms with Crippen molar-refractivity contribution >= 4 is 31.4 Å². The maximum absolute atomic E-state index is 13.1. The molecule has 9 aliphatic rings. The molecular weight excluding hydrogens is 965 g/mol. The van der Waals surface area contributed by atoms with Crippen LogP contribution < -0.4 is 0 Å². The van der Waals surface area contributed by atoms with Crippen molar-refractivity contribution in [2.75, 3.05) is 17.3 Å². The highest BCUT2D eigenvalue weighted by atomic mass is 32.2. The molecular formula is C63H90O7S3. The Kier molecular flexibility index (Phi) is 12.8. The number of benzene rings is 3. The highest BCUT2D eigenvalue weighted by Gasteiger charge is 2.65. The van der Waals surface area contributed by atoms with Gasteiger partial charge in [-0.15, -0.1) is 11.8 Å². The lowest BCUT2D eigenvalue weighted by molar-refractivity contribution is -0.0986. The summed E-state index contributed by atoms with van der Waals surface area (Å²) < 4.78 is 52.4. The van der Waals surface area contributed by atoms with E-state index in [1.807, 2.05) is 23.9 Å². The topological polar surface area (TPSA) is 129 Å². The molecule has 0 spiro atoms. The van der Waals surface area contributed by atoms with Crippen molar-refractivity contribution in [2.24, 2.45) is 68.0 Å². The average molecular weight is 1060 g/mol. The number of aromatic hydroxyl groups is 3. The number of rotatable bonds is 0. The van der Waals surface area contributed by atoms with Crippen LogP contribution in [0.5, 0.6) is 17.2 Å². The van der Waals surface area contributed by atoms with Crippen molar-refractivity contribution < 1.29 is 32.2 Å². The normalized spacial score (nSPS) is 41.4. The van der Waals surface area contributed by atoms with Gasteiger partial charge in [0.15, 0.2) is 19.7 Å². The van der Waals surface area contributed by atoms with Crippen molar-refractivity contribution in [2.45, 2.75) is 210 Å². The largest absolute Gasteiger partial charge is 0.508 e. The summed E-state index contributed by atoms with van der Waals surface area (Å²) >= 11 is 1.98. The number of thioether (sulfide) groups is 1. The highest BCUT2D eigenvalue weighted by Crippen LogP contribution is 2.71. The fourth-order valence-corrected chi connectivity index (χ4v) is 27.0. The first-order chi connectivity index (χ1) is 33.8. The molecule has 3 aromatic rings. The maximum atomic E-state index is 13.1. The minimum absolute atomic E-state index is 0.0157. The molecule has 6 aliphatic carbocycles. The number of sulfone groups is 2. The summed E-state index contributed by atoms with van der Waals surface area (Å²) in [6, 6.07) is 16.1. The quantitative estimate of drug-likeness (QED) is 0.203. The van der Waals surface area contributed by atoms with E-state index < -0.39 is 19.7 Å². The average Bonchev–Trinajstić information content (AvgIpc) is 3.27. The number of phenols is 3. The number of fused-ring (bicyclic) bond motifs is 15. The maximum Gasteiger partial charge on any atom is 0.179 e. The molecule has 0 amide bonds. The molecule has 10 heteroatoms. The minimum atomic E-state index is -3.36. The molecule has 7 nitrogen and oxygen atoms in total. The van der Waals surface area contributed by atoms with E-state index in [4.69, 9.17) is 0 Å². The molecule has 12 atom stereocenters. The van der Waals surface area contributed by atoms with Crippen LogP contribution in [0.1, 0.15) is 196 Å². The summed E-state index contributed by atoms with van der Waals surface area (Å²) in [4.78, 5) is 2.05. The predicted octanol–water partition coefficient (Wildman–Crippen LogP) is 15.4. The van der Waals surface area contributed by atoms with Gasteiger partial charge in [0.2, 0.25) is 0 Å². The second kappa shape index (κ2) is 17.4. The molecule has 6 fully saturated rings. The van der Waals surface area contributed by atoms with Gasteiger partial charge < -0.3 is 15.3 Å². The van der Waals surface area contributed by atoms with Crippen LogP contribution in [-0.2, 0) is 35.9 Å². The van der Waals surface area contributed by atoms with E-state index in [1.54, 1.807) is 36.4 Å². The molecule has 0 aromatic heterocycles. The third kappa shape index (κ3) is 7.98. The fourth-order valence-electron chi connectivity index (χ4n) is 20.7. The van der Waals surface area contributed by atoms with Gasteiger partial charge in [-0.2, -0.15) is 0 Å². The first kappa shape index (κ1) is 53.7. The van der Waals surface area contributed by atoms with Crippen molar-refractivity contribution in [3.8, 4) is 17.2 Å². The predicted molar refractivity (Wildman–Crippen MR) is 297 cm³/mol. The van der Waals surface area contributed by atoms with Crippen LogP contribution >= 0.6 is 11.8 Å². The number of phenolic OH excluding ortho intramolecular Hbond substituents is 3. The van der Waals surface area contributed by atoms with Gasteiger partial charge in [-0.3, -0.25) is 0 Å². The second-order valence-corrected chi connectivity index (χ2v) is 34.1. The highest BCUT2D eigenvalue weighted by molar-refractivity contribution is 7.99. The van der Waals surface area contributed by atoms with Crippen molar-refractivity contribution in [3.63, 3.8) is 0 Å². The van der Waals surface area contributed by atoms with E-state index in [9.17, 15) is 32.2 Å². The van der Waals surface area contributed by atoms with Gasteiger partial charge in [0.1, 0.15) is 17.2 Å². The van der Waals surface area contributed by atoms with Gasteiger partial charge in [0.25, 0.3) is 0 Å². The molecule has 0 bridgehead atoms. The van der Waals surface area contributed by atoms with Crippen molar-refractivity contribution in [1.29, 1.82) is 0 Å². The summed E-state index contributed by atoms with van der Waals surface area (Å²) in [5.41, 5.74) is 3.70. The van der Waals surface area contributed by atoms with Crippen LogP contribution in [0.2, 0.25) is 0 Å². The zero-order valence-electron chi connectivity index (χ0n) is 46.6. The van der Waals surface area contributed by atoms with Gasteiger partial charge in [-0.25, -0.2) is 16.8 Å². The number of hydrogen-bond donors (Lipinski definition) is 3. The molecule has 3 aromatic carbocycles. The van der Waals surface area contributed by atoms with Crippen LogP contribution in [0.4, 0.5) is 0 Å². The fraction of sp³-hybridized carbons (Fsp3) is 0.714. The van der Waals surface area contributed by atoms with Crippen LogP contribution in [0.25, 0.3) is 0 Å². The zero-order valence-corrected chi connectivity index (χ0v) is 49.0. The summed E-state index contributed by atoms with van der Waals surface area (Å²) in [5, 5.41) is 31.9. The Morgan fingerprint density at radius 2 is 0.740 bits per heavy atom. The summed E-state index contributed by atoms with van der Waals surface area (Å²) in [7, 11) is -6.72. The Hall–Kier alpha value is -2.69. The molecule has 3 aliphatic heterocycles. The Morgan fingerprint density at radius 3 is 1.12 bits per heavy atom. The first-order valence-corrected chi connectivity index (χ1v) is 32.7. The number of hydrogen-bond acceptors (Lipinski definition) is 8. The smallest absolute Gasteiger partial charge is 0.179 e. The molecule has 73 heavy (non-hydrogen) atoms. The molecule has 0 unspecified atom stereocenters. The monoisotopic (exact) mass is 1050 g/mol. The molecule has 0 saturated heterocycles. The van der Waals surface area contributed by atoms with E-state index in [2.05, 4.69) is 89.2 Å². The van der Waals surface area contributed by atoms with E-state index >= 15 is 0 Å².